The number of hydrogen-bond acceptors (Lipinski definition) is 7. The van der Waals surface area contributed by atoms with Crippen molar-refractivity contribution >= 4 is 23.4 Å². The van der Waals surface area contributed by atoms with Crippen LogP contribution < -0.4 is 19.5 Å². The molecular formula is C21H21N3O4S. The zero-order valence-corrected chi connectivity index (χ0v) is 17.2. The van der Waals surface area contributed by atoms with E-state index in [4.69, 9.17) is 14.2 Å². The lowest BCUT2D eigenvalue weighted by Gasteiger charge is -2.09. The van der Waals surface area contributed by atoms with E-state index in [9.17, 15) is 4.79 Å². The van der Waals surface area contributed by atoms with Crippen LogP contribution in [0.3, 0.4) is 0 Å². The number of nitrogens with zero attached hydrogens (tertiary/aromatic N) is 2. The molecule has 150 valence electrons. The molecule has 0 atom stereocenters. The zero-order chi connectivity index (χ0) is 20.6. The van der Waals surface area contributed by atoms with Crippen molar-refractivity contribution in [1.29, 1.82) is 0 Å². The Morgan fingerprint density at radius 2 is 1.66 bits per heavy atom. The topological polar surface area (TPSA) is 82.6 Å². The van der Waals surface area contributed by atoms with Gasteiger partial charge in [-0.3, -0.25) is 4.79 Å². The number of amides is 1. The summed E-state index contributed by atoms with van der Waals surface area (Å²) in [5.41, 5.74) is 2.29. The molecule has 29 heavy (non-hydrogen) atoms. The van der Waals surface area contributed by atoms with Gasteiger partial charge in [0.05, 0.1) is 32.8 Å². The third-order valence-corrected chi connectivity index (χ3v) is 4.96. The van der Waals surface area contributed by atoms with Crippen molar-refractivity contribution in [2.24, 2.45) is 0 Å². The van der Waals surface area contributed by atoms with Crippen LogP contribution >= 0.6 is 11.8 Å². The maximum atomic E-state index is 12.1. The van der Waals surface area contributed by atoms with Gasteiger partial charge in [-0.1, -0.05) is 11.8 Å². The van der Waals surface area contributed by atoms with Crippen LogP contribution in [0.2, 0.25) is 0 Å². The second-order valence-corrected chi connectivity index (χ2v) is 6.89. The Kier molecular flexibility index (Phi) is 6.91. The number of benzene rings is 2. The van der Waals surface area contributed by atoms with Crippen LogP contribution in [0.15, 0.2) is 59.6 Å². The van der Waals surface area contributed by atoms with Gasteiger partial charge in [0.1, 0.15) is 10.8 Å². The minimum atomic E-state index is -0.120. The van der Waals surface area contributed by atoms with E-state index in [1.54, 1.807) is 45.6 Å². The van der Waals surface area contributed by atoms with E-state index in [1.807, 2.05) is 30.3 Å². The Hall–Kier alpha value is -3.26. The molecule has 0 radical (unpaired) electrons. The van der Waals surface area contributed by atoms with Crippen molar-refractivity contribution in [3.8, 4) is 28.5 Å². The van der Waals surface area contributed by atoms with Crippen LogP contribution in [0.5, 0.6) is 17.2 Å². The number of methoxy groups -OCH3 is 3. The Balaban J connectivity index is 1.58. The largest absolute Gasteiger partial charge is 0.497 e. The van der Waals surface area contributed by atoms with E-state index >= 15 is 0 Å². The van der Waals surface area contributed by atoms with Gasteiger partial charge in [-0.2, -0.15) is 0 Å². The molecular weight excluding hydrogens is 390 g/mol. The fourth-order valence-electron chi connectivity index (χ4n) is 2.56. The van der Waals surface area contributed by atoms with E-state index < -0.39 is 0 Å². The monoisotopic (exact) mass is 411 g/mol. The number of hydrogen-bond donors (Lipinski definition) is 1. The standard InChI is InChI=1S/C21H21N3O4S/c1-26-16-7-5-15(6-8-16)22-20(25)13-29-21-11-9-17(23-24-21)14-4-10-18(27-2)19(12-14)28-3/h4-12H,13H2,1-3H3,(H,22,25). The molecule has 1 amide bonds. The summed E-state index contributed by atoms with van der Waals surface area (Å²) in [6.45, 7) is 0. The summed E-state index contributed by atoms with van der Waals surface area (Å²) < 4.78 is 15.7. The molecule has 0 bridgehead atoms. The molecule has 0 aliphatic rings. The number of thioether (sulfide) groups is 1. The predicted octanol–water partition coefficient (Wildman–Crippen LogP) is 3.90. The van der Waals surface area contributed by atoms with Crippen LogP contribution in [-0.2, 0) is 4.79 Å². The number of carbonyl (C=O) groups excluding carboxylic acids is 1. The second-order valence-electron chi connectivity index (χ2n) is 5.89. The summed E-state index contributed by atoms with van der Waals surface area (Å²) in [5.74, 6) is 2.13. The van der Waals surface area contributed by atoms with Gasteiger partial charge in [0.15, 0.2) is 11.5 Å². The number of ether oxygens (including phenoxy) is 3. The highest BCUT2D eigenvalue weighted by Crippen LogP contribution is 2.31. The summed E-state index contributed by atoms with van der Waals surface area (Å²) in [4.78, 5) is 12.1. The first-order chi connectivity index (χ1) is 14.1. The third kappa shape index (κ3) is 5.39. The molecule has 1 N–H and O–H groups in total. The Bertz CT molecular complexity index is 963. The fourth-order valence-corrected chi connectivity index (χ4v) is 3.17. The van der Waals surface area contributed by atoms with Crippen molar-refractivity contribution in [2.75, 3.05) is 32.4 Å². The van der Waals surface area contributed by atoms with Crippen molar-refractivity contribution < 1.29 is 19.0 Å². The minimum absolute atomic E-state index is 0.120. The van der Waals surface area contributed by atoms with Gasteiger partial charge < -0.3 is 19.5 Å². The van der Waals surface area contributed by atoms with Gasteiger partial charge in [-0.15, -0.1) is 10.2 Å². The lowest BCUT2D eigenvalue weighted by Crippen LogP contribution is -2.14. The molecule has 3 aromatic rings. The van der Waals surface area contributed by atoms with Crippen LogP contribution in [0.25, 0.3) is 11.3 Å². The van der Waals surface area contributed by atoms with Crippen LogP contribution in [0.1, 0.15) is 0 Å². The Labute approximate surface area is 173 Å². The highest BCUT2D eigenvalue weighted by Gasteiger charge is 2.09. The molecule has 0 spiro atoms. The van der Waals surface area contributed by atoms with Crippen molar-refractivity contribution in [3.63, 3.8) is 0 Å². The normalized spacial score (nSPS) is 10.3. The van der Waals surface area contributed by atoms with E-state index in [0.29, 0.717) is 27.9 Å². The van der Waals surface area contributed by atoms with E-state index in [-0.39, 0.29) is 11.7 Å². The quantitative estimate of drug-likeness (QED) is 0.563. The SMILES string of the molecule is COc1ccc(NC(=O)CSc2ccc(-c3ccc(OC)c(OC)c3)nn2)cc1. The maximum absolute atomic E-state index is 12.1. The number of anilines is 1. The average molecular weight is 411 g/mol. The van der Waals surface area contributed by atoms with Crippen molar-refractivity contribution in [3.05, 3.63) is 54.6 Å². The molecule has 0 unspecified atom stereocenters. The smallest absolute Gasteiger partial charge is 0.234 e. The van der Waals surface area contributed by atoms with Gasteiger partial charge in [-0.05, 0) is 54.6 Å². The van der Waals surface area contributed by atoms with Gasteiger partial charge in [0, 0.05) is 11.3 Å². The predicted molar refractivity (Wildman–Crippen MR) is 113 cm³/mol. The van der Waals surface area contributed by atoms with Crippen molar-refractivity contribution in [2.45, 2.75) is 5.03 Å². The molecule has 0 saturated heterocycles. The first-order valence-corrected chi connectivity index (χ1v) is 9.74. The Morgan fingerprint density at radius 1 is 0.897 bits per heavy atom. The van der Waals surface area contributed by atoms with Crippen molar-refractivity contribution in [1.82, 2.24) is 10.2 Å². The first-order valence-electron chi connectivity index (χ1n) is 8.75. The molecule has 1 aromatic heterocycles. The fraction of sp³-hybridized carbons (Fsp3) is 0.190. The van der Waals surface area contributed by atoms with E-state index in [0.717, 1.165) is 11.3 Å². The molecule has 1 heterocycles. The molecule has 0 aliphatic carbocycles. The summed E-state index contributed by atoms with van der Waals surface area (Å²) >= 11 is 1.32. The summed E-state index contributed by atoms with van der Waals surface area (Å²) in [6.07, 6.45) is 0. The molecule has 0 fully saturated rings. The molecule has 0 saturated carbocycles. The van der Waals surface area contributed by atoms with Crippen LogP contribution in [0, 0.1) is 0 Å². The van der Waals surface area contributed by atoms with E-state index in [1.165, 1.54) is 11.8 Å². The molecule has 7 nitrogen and oxygen atoms in total. The van der Waals surface area contributed by atoms with Crippen LogP contribution in [-0.4, -0.2) is 43.2 Å². The number of nitrogens with one attached hydrogen (secondary N) is 1. The van der Waals surface area contributed by atoms with E-state index in [2.05, 4.69) is 15.5 Å². The van der Waals surface area contributed by atoms with Gasteiger partial charge in [0.2, 0.25) is 5.91 Å². The lowest BCUT2D eigenvalue weighted by molar-refractivity contribution is -0.113. The van der Waals surface area contributed by atoms with Gasteiger partial charge in [0.25, 0.3) is 0 Å². The summed E-state index contributed by atoms with van der Waals surface area (Å²) in [5, 5.41) is 11.9. The third-order valence-electron chi connectivity index (χ3n) is 4.04. The van der Waals surface area contributed by atoms with Crippen LogP contribution in [0.4, 0.5) is 5.69 Å². The zero-order valence-electron chi connectivity index (χ0n) is 16.3. The molecule has 0 aliphatic heterocycles. The molecule has 3 rings (SSSR count). The Morgan fingerprint density at radius 3 is 2.28 bits per heavy atom. The summed E-state index contributed by atoms with van der Waals surface area (Å²) in [7, 11) is 4.78. The number of aromatic nitrogens is 2. The second kappa shape index (κ2) is 9.79. The molecule has 2 aromatic carbocycles. The van der Waals surface area contributed by atoms with Gasteiger partial charge >= 0.3 is 0 Å². The lowest BCUT2D eigenvalue weighted by atomic mass is 10.1. The highest BCUT2D eigenvalue weighted by atomic mass is 32.2. The molecule has 8 heteroatoms. The van der Waals surface area contributed by atoms with Gasteiger partial charge in [-0.25, -0.2) is 0 Å². The minimum Gasteiger partial charge on any atom is -0.497 e. The first kappa shape index (κ1) is 20.5. The number of carbonyl (C=O) groups is 1. The highest BCUT2D eigenvalue weighted by molar-refractivity contribution is 7.99. The number of rotatable bonds is 8. The summed E-state index contributed by atoms with van der Waals surface area (Å²) in [6, 6.07) is 16.4. The maximum Gasteiger partial charge on any atom is 0.234 e. The average Bonchev–Trinajstić information content (AvgIpc) is 2.78.